The van der Waals surface area contributed by atoms with Gasteiger partial charge in [-0.25, -0.2) is 0 Å². The molecule has 1 N–H and O–H groups in total. The van der Waals surface area contributed by atoms with Gasteiger partial charge in [0, 0.05) is 11.8 Å². The number of ketones is 1. The number of fused-ring (bicyclic) bond motifs is 1. The third kappa shape index (κ3) is 3.79. The van der Waals surface area contributed by atoms with Gasteiger partial charge in [-0.15, -0.1) is 0 Å². The lowest BCUT2D eigenvalue weighted by atomic mass is 9.93. The molecule has 7 heteroatoms. The molecular weight excluding hydrogens is 446 g/mol. The Kier molecular flexibility index (Phi) is 5.68. The maximum Gasteiger partial charge on any atom is 0.300 e. The second-order valence-electron chi connectivity index (χ2n) is 8.57. The van der Waals surface area contributed by atoms with Crippen molar-refractivity contribution in [2.45, 2.75) is 19.9 Å². The fourth-order valence-corrected chi connectivity index (χ4v) is 4.78. The summed E-state index contributed by atoms with van der Waals surface area (Å²) in [6.45, 7) is 4.60. The van der Waals surface area contributed by atoms with Crippen LogP contribution >= 0.6 is 0 Å². The summed E-state index contributed by atoms with van der Waals surface area (Å²) < 4.78 is 16.9. The number of benzene rings is 3. The molecule has 1 unspecified atom stereocenters. The first-order valence-electron chi connectivity index (χ1n) is 11.3. The molecule has 1 atom stereocenters. The molecule has 0 bridgehead atoms. The normalized spacial score (nSPS) is 18.6. The van der Waals surface area contributed by atoms with Crippen LogP contribution in [-0.2, 0) is 9.59 Å². The Hall–Kier alpha value is -4.26. The maximum atomic E-state index is 13.4. The van der Waals surface area contributed by atoms with Gasteiger partial charge < -0.3 is 19.3 Å². The third-order valence-corrected chi connectivity index (χ3v) is 6.24. The molecule has 35 heavy (non-hydrogen) atoms. The Labute approximate surface area is 203 Å². The number of carbonyl (C=O) groups excluding carboxylic acids is 2. The number of carbonyl (C=O) groups is 2. The summed E-state index contributed by atoms with van der Waals surface area (Å²) >= 11 is 0. The van der Waals surface area contributed by atoms with E-state index in [4.69, 9.17) is 14.2 Å². The third-order valence-electron chi connectivity index (χ3n) is 6.24. The van der Waals surface area contributed by atoms with Crippen LogP contribution in [0.1, 0.15) is 28.3 Å². The molecule has 0 spiro atoms. The van der Waals surface area contributed by atoms with Crippen LogP contribution in [0.15, 0.2) is 66.2 Å². The summed E-state index contributed by atoms with van der Waals surface area (Å²) in [4.78, 5) is 28.3. The van der Waals surface area contributed by atoms with Crippen LogP contribution in [0.5, 0.6) is 17.2 Å². The quantitative estimate of drug-likeness (QED) is 0.337. The number of methoxy groups -OCH3 is 1. The van der Waals surface area contributed by atoms with E-state index >= 15 is 0 Å². The summed E-state index contributed by atoms with van der Waals surface area (Å²) in [5.74, 6) is -0.259. The molecule has 1 saturated heterocycles. The summed E-state index contributed by atoms with van der Waals surface area (Å²) in [5.41, 5.74) is 3.22. The lowest BCUT2D eigenvalue weighted by molar-refractivity contribution is -0.132. The Morgan fingerprint density at radius 3 is 2.40 bits per heavy atom. The monoisotopic (exact) mass is 471 g/mol. The van der Waals surface area contributed by atoms with Crippen molar-refractivity contribution in [2.24, 2.45) is 0 Å². The van der Waals surface area contributed by atoms with Crippen molar-refractivity contribution in [3.8, 4) is 17.2 Å². The standard InChI is InChI=1S/C28H25NO6/c1-16-13-17(2)27(33-3)20(14-16)25(30)23-24(18-7-5-4-6-8-18)29(28(32)26(23)31)19-9-10-21-22(15-19)35-12-11-34-21/h4-10,13-15,24,30H,11-12H2,1-3H3/b25-23+. The lowest BCUT2D eigenvalue weighted by Gasteiger charge is -2.27. The number of Topliss-reactive ketones (excluding diaryl/α,β-unsaturated/α-hetero) is 1. The topological polar surface area (TPSA) is 85.3 Å². The number of hydrogen-bond donors (Lipinski definition) is 1. The molecule has 1 amide bonds. The smallest absolute Gasteiger partial charge is 0.300 e. The van der Waals surface area contributed by atoms with E-state index in [0.29, 0.717) is 47.3 Å². The van der Waals surface area contributed by atoms with E-state index in [1.807, 2.05) is 50.2 Å². The fourth-order valence-electron chi connectivity index (χ4n) is 4.78. The largest absolute Gasteiger partial charge is 0.507 e. The van der Waals surface area contributed by atoms with Crippen molar-refractivity contribution >= 4 is 23.1 Å². The Bertz CT molecular complexity index is 1360. The molecule has 5 rings (SSSR count). The van der Waals surface area contributed by atoms with E-state index in [1.165, 1.54) is 12.0 Å². The molecule has 0 radical (unpaired) electrons. The molecule has 2 aliphatic heterocycles. The number of amides is 1. The van der Waals surface area contributed by atoms with Crippen LogP contribution in [0.25, 0.3) is 5.76 Å². The van der Waals surface area contributed by atoms with Crippen LogP contribution in [0.3, 0.4) is 0 Å². The molecule has 7 nitrogen and oxygen atoms in total. The number of nitrogens with zero attached hydrogens (tertiary/aromatic N) is 1. The van der Waals surface area contributed by atoms with Crippen molar-refractivity contribution in [1.29, 1.82) is 0 Å². The number of aryl methyl sites for hydroxylation is 2. The van der Waals surface area contributed by atoms with Crippen LogP contribution in [0, 0.1) is 13.8 Å². The molecule has 0 aromatic heterocycles. The van der Waals surface area contributed by atoms with E-state index in [1.54, 1.807) is 24.3 Å². The van der Waals surface area contributed by atoms with Crippen LogP contribution in [0.2, 0.25) is 0 Å². The number of anilines is 1. The number of rotatable bonds is 4. The minimum Gasteiger partial charge on any atom is -0.507 e. The van der Waals surface area contributed by atoms with Crippen LogP contribution < -0.4 is 19.1 Å². The highest BCUT2D eigenvalue weighted by Crippen LogP contribution is 2.45. The SMILES string of the molecule is COc1c(C)cc(C)cc1/C(O)=C1\C(=O)C(=O)N(c2ccc3c(c2)OCCO3)C1c1ccccc1. The van der Waals surface area contributed by atoms with E-state index in [2.05, 4.69) is 0 Å². The van der Waals surface area contributed by atoms with E-state index in [-0.39, 0.29) is 11.3 Å². The predicted molar refractivity (Wildman–Crippen MR) is 131 cm³/mol. The van der Waals surface area contributed by atoms with E-state index < -0.39 is 17.7 Å². The summed E-state index contributed by atoms with van der Waals surface area (Å²) in [5, 5.41) is 11.5. The Morgan fingerprint density at radius 1 is 0.971 bits per heavy atom. The van der Waals surface area contributed by atoms with Gasteiger partial charge in [-0.05, 0) is 48.7 Å². The predicted octanol–water partition coefficient (Wildman–Crippen LogP) is 4.71. The Morgan fingerprint density at radius 2 is 1.69 bits per heavy atom. The van der Waals surface area contributed by atoms with E-state index in [0.717, 1.165) is 11.1 Å². The zero-order chi connectivity index (χ0) is 24.7. The molecule has 3 aromatic carbocycles. The minimum absolute atomic E-state index is 0.000566. The number of ether oxygens (including phenoxy) is 3. The average molecular weight is 472 g/mol. The van der Waals surface area contributed by atoms with Crippen molar-refractivity contribution < 1.29 is 28.9 Å². The van der Waals surface area contributed by atoms with Gasteiger partial charge in [-0.3, -0.25) is 14.5 Å². The summed E-state index contributed by atoms with van der Waals surface area (Å²) in [6, 6.07) is 17.1. The maximum absolute atomic E-state index is 13.4. The Balaban J connectivity index is 1.73. The van der Waals surface area contributed by atoms with Gasteiger partial charge in [-0.2, -0.15) is 0 Å². The van der Waals surface area contributed by atoms with Crippen LogP contribution in [0.4, 0.5) is 5.69 Å². The van der Waals surface area contributed by atoms with Gasteiger partial charge in [0.05, 0.1) is 24.3 Å². The number of hydrogen-bond acceptors (Lipinski definition) is 6. The molecule has 2 aliphatic rings. The summed E-state index contributed by atoms with van der Waals surface area (Å²) in [6.07, 6.45) is 0. The second kappa shape index (κ2) is 8.83. The lowest BCUT2D eigenvalue weighted by Crippen LogP contribution is -2.29. The molecule has 0 saturated carbocycles. The van der Waals surface area contributed by atoms with Crippen molar-refractivity contribution in [3.63, 3.8) is 0 Å². The highest BCUT2D eigenvalue weighted by atomic mass is 16.6. The average Bonchev–Trinajstić information content (AvgIpc) is 3.13. The van der Waals surface area contributed by atoms with Crippen LogP contribution in [-0.4, -0.2) is 37.1 Å². The highest BCUT2D eigenvalue weighted by molar-refractivity contribution is 6.51. The molecule has 1 fully saturated rings. The number of aliphatic hydroxyl groups excluding tert-OH is 1. The van der Waals surface area contributed by atoms with Crippen molar-refractivity contribution in [2.75, 3.05) is 25.2 Å². The van der Waals surface area contributed by atoms with Crippen molar-refractivity contribution in [1.82, 2.24) is 0 Å². The molecule has 2 heterocycles. The fraction of sp³-hybridized carbons (Fsp3) is 0.214. The van der Waals surface area contributed by atoms with Gasteiger partial charge in [0.2, 0.25) is 0 Å². The molecule has 3 aromatic rings. The first kappa shape index (κ1) is 22.5. The first-order chi connectivity index (χ1) is 16.9. The second-order valence-corrected chi connectivity index (χ2v) is 8.57. The van der Waals surface area contributed by atoms with Gasteiger partial charge in [-0.1, -0.05) is 36.4 Å². The molecule has 178 valence electrons. The highest BCUT2D eigenvalue weighted by Gasteiger charge is 2.47. The minimum atomic E-state index is -0.843. The summed E-state index contributed by atoms with van der Waals surface area (Å²) in [7, 11) is 1.51. The van der Waals surface area contributed by atoms with Gasteiger partial charge >= 0.3 is 0 Å². The van der Waals surface area contributed by atoms with Gasteiger partial charge in [0.1, 0.15) is 24.7 Å². The van der Waals surface area contributed by atoms with Gasteiger partial charge in [0.15, 0.2) is 11.5 Å². The zero-order valence-corrected chi connectivity index (χ0v) is 19.7. The zero-order valence-electron chi connectivity index (χ0n) is 19.7. The number of aliphatic hydroxyl groups is 1. The molecule has 0 aliphatic carbocycles. The van der Waals surface area contributed by atoms with Crippen molar-refractivity contribution in [3.05, 3.63) is 88.5 Å². The van der Waals surface area contributed by atoms with E-state index in [9.17, 15) is 14.7 Å². The molecular formula is C28H25NO6. The van der Waals surface area contributed by atoms with Gasteiger partial charge in [0.25, 0.3) is 11.7 Å². The first-order valence-corrected chi connectivity index (χ1v) is 11.3.